The quantitative estimate of drug-likeness (QED) is 0.278. The molecule has 2 N–H and O–H groups in total. The Morgan fingerprint density at radius 2 is 1.83 bits per heavy atom. The van der Waals surface area contributed by atoms with E-state index in [9.17, 15) is 0 Å². The lowest BCUT2D eigenvalue weighted by atomic mass is 10.2. The molecule has 6 nitrogen and oxygen atoms in total. The highest BCUT2D eigenvalue weighted by atomic mass is 127. The number of rotatable bonds is 5. The van der Waals surface area contributed by atoms with Crippen LogP contribution in [0.5, 0.6) is 0 Å². The van der Waals surface area contributed by atoms with E-state index >= 15 is 0 Å². The van der Waals surface area contributed by atoms with Crippen LogP contribution in [0.1, 0.15) is 22.5 Å². The van der Waals surface area contributed by atoms with E-state index in [2.05, 4.69) is 25.7 Å². The molecule has 1 aromatic carbocycles. The molecule has 0 aliphatic carbocycles. The summed E-state index contributed by atoms with van der Waals surface area (Å²) in [5.41, 5.74) is 4.02. The van der Waals surface area contributed by atoms with Crippen LogP contribution in [0.4, 0.5) is 0 Å². The van der Waals surface area contributed by atoms with Gasteiger partial charge in [0, 0.05) is 42.1 Å². The average molecular weight is 545 g/mol. The summed E-state index contributed by atoms with van der Waals surface area (Å²) in [6.07, 6.45) is 1.84. The normalized spacial score (nSPS) is 11.1. The van der Waals surface area contributed by atoms with Crippen molar-refractivity contribution in [3.8, 4) is 5.82 Å². The molecule has 3 rings (SSSR count). The summed E-state index contributed by atoms with van der Waals surface area (Å²) in [4.78, 5) is 8.75. The van der Waals surface area contributed by atoms with Gasteiger partial charge >= 0.3 is 0 Å². The first-order valence-corrected chi connectivity index (χ1v) is 9.59. The zero-order valence-electron chi connectivity index (χ0n) is 16.4. The van der Waals surface area contributed by atoms with Gasteiger partial charge in [-0.25, -0.2) is 9.67 Å². The maximum atomic E-state index is 6.21. The topological polar surface area (TPSA) is 67.1 Å². The van der Waals surface area contributed by atoms with E-state index in [1.54, 1.807) is 13.1 Å². The van der Waals surface area contributed by atoms with E-state index in [0.717, 1.165) is 28.3 Å². The van der Waals surface area contributed by atoms with Gasteiger partial charge in [-0.3, -0.25) is 4.99 Å². The molecule has 3 aromatic rings. The van der Waals surface area contributed by atoms with Crippen molar-refractivity contribution < 1.29 is 0 Å². The second kappa shape index (κ2) is 10.8. The highest BCUT2D eigenvalue weighted by Gasteiger charge is 2.06. The Morgan fingerprint density at radius 1 is 1.07 bits per heavy atom. The predicted molar refractivity (Wildman–Crippen MR) is 130 cm³/mol. The van der Waals surface area contributed by atoms with Crippen LogP contribution in [0.2, 0.25) is 10.0 Å². The molecule has 0 aliphatic heterocycles. The van der Waals surface area contributed by atoms with Crippen LogP contribution in [0, 0.1) is 13.8 Å². The summed E-state index contributed by atoms with van der Waals surface area (Å²) < 4.78 is 1.84. The minimum Gasteiger partial charge on any atom is -0.352 e. The molecule has 154 valence electrons. The van der Waals surface area contributed by atoms with E-state index in [4.69, 9.17) is 23.2 Å². The zero-order chi connectivity index (χ0) is 20.1. The molecular weight excluding hydrogens is 522 g/mol. The van der Waals surface area contributed by atoms with Crippen molar-refractivity contribution in [3.63, 3.8) is 0 Å². The zero-order valence-corrected chi connectivity index (χ0v) is 20.3. The summed E-state index contributed by atoms with van der Waals surface area (Å²) >= 11 is 12.1. The second-order valence-electron chi connectivity index (χ2n) is 6.38. The van der Waals surface area contributed by atoms with Gasteiger partial charge in [0.25, 0.3) is 0 Å². The fourth-order valence-electron chi connectivity index (χ4n) is 2.76. The van der Waals surface area contributed by atoms with Gasteiger partial charge in [-0.1, -0.05) is 35.3 Å². The summed E-state index contributed by atoms with van der Waals surface area (Å²) in [6.45, 7) is 5.13. The molecule has 0 atom stereocenters. The third kappa shape index (κ3) is 6.32. The van der Waals surface area contributed by atoms with Gasteiger partial charge in [-0.05, 0) is 49.2 Å². The molecule has 0 spiro atoms. The fourth-order valence-corrected chi connectivity index (χ4v) is 3.23. The standard InChI is InChI=1S/C20H22Cl2N6.HI/c1-13-8-14(2)28(27-13)19-7-4-15(10-24-19)11-25-20(23-3)26-12-16-5-6-17(21)9-18(16)22;/h4-10H,11-12H2,1-3H3,(H2,23,25,26);1H. The van der Waals surface area contributed by atoms with Crippen LogP contribution in [0.15, 0.2) is 47.6 Å². The van der Waals surface area contributed by atoms with Crippen molar-refractivity contribution in [2.45, 2.75) is 26.9 Å². The highest BCUT2D eigenvalue weighted by molar-refractivity contribution is 14.0. The molecule has 0 radical (unpaired) electrons. The number of hydrogen-bond acceptors (Lipinski definition) is 3. The van der Waals surface area contributed by atoms with E-state index in [0.29, 0.717) is 29.1 Å². The number of aryl methyl sites for hydroxylation is 2. The maximum absolute atomic E-state index is 6.21. The van der Waals surface area contributed by atoms with Gasteiger partial charge in [0.05, 0.1) is 5.69 Å². The second-order valence-corrected chi connectivity index (χ2v) is 7.22. The molecule has 0 unspecified atom stereocenters. The van der Waals surface area contributed by atoms with Crippen molar-refractivity contribution in [3.05, 3.63) is 75.2 Å². The minimum atomic E-state index is 0. The number of benzene rings is 1. The fraction of sp³-hybridized carbons (Fsp3) is 0.250. The smallest absolute Gasteiger partial charge is 0.191 e. The molecule has 29 heavy (non-hydrogen) atoms. The lowest BCUT2D eigenvalue weighted by molar-refractivity contribution is 0.790. The first kappa shape index (κ1) is 23.4. The van der Waals surface area contributed by atoms with Crippen LogP contribution < -0.4 is 10.6 Å². The predicted octanol–water partition coefficient (Wildman–Crippen LogP) is 4.67. The van der Waals surface area contributed by atoms with E-state index in [-0.39, 0.29) is 24.0 Å². The minimum absolute atomic E-state index is 0. The molecule has 2 heterocycles. The van der Waals surface area contributed by atoms with Gasteiger partial charge in [0.1, 0.15) is 0 Å². The number of pyridine rings is 1. The summed E-state index contributed by atoms with van der Waals surface area (Å²) in [5.74, 6) is 1.47. The maximum Gasteiger partial charge on any atom is 0.191 e. The van der Waals surface area contributed by atoms with Crippen LogP contribution >= 0.6 is 47.2 Å². The van der Waals surface area contributed by atoms with E-state index in [1.807, 2.05) is 55.1 Å². The molecule has 0 saturated carbocycles. The highest BCUT2D eigenvalue weighted by Crippen LogP contribution is 2.20. The Labute approximate surface area is 197 Å². The first-order valence-electron chi connectivity index (χ1n) is 8.83. The molecular formula is C20H23Cl2IN6. The third-order valence-corrected chi connectivity index (χ3v) is 4.77. The lowest BCUT2D eigenvalue weighted by Crippen LogP contribution is -2.36. The van der Waals surface area contributed by atoms with Crippen LogP contribution in [-0.4, -0.2) is 27.8 Å². The Kier molecular flexibility index (Phi) is 8.73. The van der Waals surface area contributed by atoms with Crippen molar-refractivity contribution in [2.24, 2.45) is 4.99 Å². The largest absolute Gasteiger partial charge is 0.352 e. The van der Waals surface area contributed by atoms with Crippen molar-refractivity contribution >= 4 is 53.1 Å². The molecule has 0 fully saturated rings. The van der Waals surface area contributed by atoms with Crippen LogP contribution in [0.25, 0.3) is 5.82 Å². The van der Waals surface area contributed by atoms with Crippen LogP contribution in [-0.2, 0) is 13.1 Å². The number of hydrogen-bond donors (Lipinski definition) is 2. The van der Waals surface area contributed by atoms with Gasteiger partial charge < -0.3 is 10.6 Å². The Balaban J connectivity index is 0.00000300. The third-order valence-electron chi connectivity index (χ3n) is 4.18. The molecule has 9 heteroatoms. The molecule has 0 saturated heterocycles. The first-order chi connectivity index (χ1) is 13.5. The number of guanidine groups is 1. The number of halogens is 3. The number of aromatic nitrogens is 3. The van der Waals surface area contributed by atoms with Gasteiger partial charge in [0.2, 0.25) is 0 Å². The van der Waals surface area contributed by atoms with E-state index < -0.39 is 0 Å². The van der Waals surface area contributed by atoms with E-state index in [1.165, 1.54) is 0 Å². The average Bonchev–Trinajstić information content (AvgIpc) is 3.02. The Hall–Kier alpha value is -1.84. The Morgan fingerprint density at radius 3 is 2.41 bits per heavy atom. The van der Waals surface area contributed by atoms with Gasteiger partial charge in [0.15, 0.2) is 11.8 Å². The molecule has 0 amide bonds. The van der Waals surface area contributed by atoms with Crippen molar-refractivity contribution in [2.75, 3.05) is 7.05 Å². The molecule has 0 bridgehead atoms. The van der Waals surface area contributed by atoms with Crippen molar-refractivity contribution in [1.29, 1.82) is 0 Å². The van der Waals surface area contributed by atoms with Crippen molar-refractivity contribution in [1.82, 2.24) is 25.4 Å². The number of nitrogens with zero attached hydrogens (tertiary/aromatic N) is 4. The van der Waals surface area contributed by atoms with Gasteiger partial charge in [-0.15, -0.1) is 24.0 Å². The monoisotopic (exact) mass is 544 g/mol. The summed E-state index contributed by atoms with van der Waals surface area (Å²) in [7, 11) is 1.73. The molecule has 2 aromatic heterocycles. The Bertz CT molecular complexity index is 985. The SMILES string of the molecule is CN=C(NCc1ccc(-n2nc(C)cc2C)nc1)NCc1ccc(Cl)cc1Cl.I. The summed E-state index contributed by atoms with van der Waals surface area (Å²) in [6, 6.07) is 11.4. The van der Waals surface area contributed by atoms with Gasteiger partial charge in [-0.2, -0.15) is 5.10 Å². The number of aliphatic imine (C=N–C) groups is 1. The summed E-state index contributed by atoms with van der Waals surface area (Å²) in [5, 5.41) is 12.2. The van der Waals surface area contributed by atoms with Crippen LogP contribution in [0.3, 0.4) is 0 Å². The molecule has 0 aliphatic rings. The number of nitrogens with one attached hydrogen (secondary N) is 2. The lowest BCUT2D eigenvalue weighted by Gasteiger charge is -2.13.